The molecule has 1 nitrogen and oxygen atoms in total. The summed E-state index contributed by atoms with van der Waals surface area (Å²) in [5.41, 5.74) is 1.59. The number of rotatable bonds is 1. The first-order chi connectivity index (χ1) is 6.33. The molecule has 1 N–H and O–H groups in total. The minimum Gasteiger partial charge on any atom is -0.396 e. The highest BCUT2D eigenvalue weighted by molar-refractivity contribution is 5.17. The monoisotopic (exact) mass is 180 g/mol. The molecule has 0 heterocycles. The van der Waals surface area contributed by atoms with Gasteiger partial charge < -0.3 is 5.11 Å². The molecule has 74 valence electrons. The van der Waals surface area contributed by atoms with Crippen LogP contribution in [0.25, 0.3) is 0 Å². The van der Waals surface area contributed by atoms with Gasteiger partial charge in [0.15, 0.2) is 0 Å². The minimum absolute atomic E-state index is 0.365. The van der Waals surface area contributed by atoms with E-state index in [0.29, 0.717) is 18.4 Å². The second kappa shape index (κ2) is 3.83. The van der Waals surface area contributed by atoms with Gasteiger partial charge >= 0.3 is 0 Å². The van der Waals surface area contributed by atoms with Crippen LogP contribution in [0.1, 0.15) is 39.0 Å². The first kappa shape index (κ1) is 9.26. The van der Waals surface area contributed by atoms with E-state index >= 15 is 0 Å². The molecule has 0 aromatic carbocycles. The summed E-state index contributed by atoms with van der Waals surface area (Å²) in [6.07, 6.45) is 9.06. The zero-order valence-corrected chi connectivity index (χ0v) is 8.50. The Morgan fingerprint density at radius 1 is 1.38 bits per heavy atom. The van der Waals surface area contributed by atoms with Crippen LogP contribution in [0, 0.1) is 17.8 Å². The predicted molar refractivity (Wildman–Crippen MR) is 54.4 cm³/mol. The topological polar surface area (TPSA) is 20.2 Å². The van der Waals surface area contributed by atoms with E-state index in [2.05, 4.69) is 13.0 Å². The summed E-state index contributed by atoms with van der Waals surface area (Å²) < 4.78 is 0. The normalized spacial score (nSPS) is 39.5. The standard InChI is InChI=1S/C12H20O/c1-9-6-7-10-4-2-3-5-11(10)12(9)8-13/h5,9-10,12-13H,2-4,6-8H2,1H3. The van der Waals surface area contributed by atoms with Crippen LogP contribution in [0.4, 0.5) is 0 Å². The Balaban J connectivity index is 2.17. The Morgan fingerprint density at radius 2 is 2.23 bits per heavy atom. The van der Waals surface area contributed by atoms with Gasteiger partial charge in [-0.3, -0.25) is 0 Å². The SMILES string of the molecule is CC1CCC2CCCC=C2C1CO. The maximum Gasteiger partial charge on any atom is 0.0499 e. The van der Waals surface area contributed by atoms with E-state index in [9.17, 15) is 5.11 Å². The molecule has 0 saturated heterocycles. The summed E-state index contributed by atoms with van der Waals surface area (Å²) >= 11 is 0. The van der Waals surface area contributed by atoms with Crippen LogP contribution in [-0.4, -0.2) is 11.7 Å². The lowest BCUT2D eigenvalue weighted by Gasteiger charge is -2.38. The molecule has 0 aromatic heterocycles. The molecule has 0 aliphatic heterocycles. The maximum absolute atomic E-state index is 9.36. The van der Waals surface area contributed by atoms with E-state index in [-0.39, 0.29) is 0 Å². The van der Waals surface area contributed by atoms with Crippen LogP contribution in [0.3, 0.4) is 0 Å². The molecule has 0 radical (unpaired) electrons. The van der Waals surface area contributed by atoms with E-state index in [4.69, 9.17) is 0 Å². The fourth-order valence-electron chi connectivity index (χ4n) is 3.01. The summed E-state index contributed by atoms with van der Waals surface area (Å²) in [6.45, 7) is 2.65. The van der Waals surface area contributed by atoms with Crippen molar-refractivity contribution >= 4 is 0 Å². The third-order valence-corrected chi connectivity index (χ3v) is 3.89. The number of aliphatic hydroxyl groups excluding tert-OH is 1. The molecule has 2 rings (SSSR count). The van der Waals surface area contributed by atoms with E-state index in [1.54, 1.807) is 5.57 Å². The highest BCUT2D eigenvalue weighted by Crippen LogP contribution is 2.42. The van der Waals surface area contributed by atoms with Crippen molar-refractivity contribution in [3.63, 3.8) is 0 Å². The first-order valence-electron chi connectivity index (χ1n) is 5.63. The summed E-state index contributed by atoms with van der Waals surface area (Å²) in [5, 5.41) is 9.36. The van der Waals surface area contributed by atoms with E-state index in [1.807, 2.05) is 0 Å². The van der Waals surface area contributed by atoms with Crippen molar-refractivity contribution in [3.05, 3.63) is 11.6 Å². The fourth-order valence-corrected chi connectivity index (χ4v) is 3.01. The molecule has 0 amide bonds. The Bertz CT molecular complexity index is 207. The number of hydrogen-bond donors (Lipinski definition) is 1. The quantitative estimate of drug-likeness (QED) is 0.615. The van der Waals surface area contributed by atoms with Gasteiger partial charge in [-0.15, -0.1) is 0 Å². The third-order valence-electron chi connectivity index (χ3n) is 3.89. The lowest BCUT2D eigenvalue weighted by Crippen LogP contribution is -2.30. The van der Waals surface area contributed by atoms with Gasteiger partial charge in [0, 0.05) is 12.5 Å². The Labute approximate surface area is 80.8 Å². The van der Waals surface area contributed by atoms with Gasteiger partial charge in [0.05, 0.1) is 0 Å². The molecular formula is C12H20O. The second-order valence-corrected chi connectivity index (χ2v) is 4.68. The van der Waals surface area contributed by atoms with E-state index in [1.165, 1.54) is 32.1 Å². The Morgan fingerprint density at radius 3 is 3.00 bits per heavy atom. The molecule has 1 fully saturated rings. The van der Waals surface area contributed by atoms with Crippen molar-refractivity contribution in [2.75, 3.05) is 6.61 Å². The van der Waals surface area contributed by atoms with Crippen LogP contribution < -0.4 is 0 Å². The number of hydrogen-bond acceptors (Lipinski definition) is 1. The molecule has 1 saturated carbocycles. The molecule has 0 bridgehead atoms. The van der Waals surface area contributed by atoms with Gasteiger partial charge in [0.2, 0.25) is 0 Å². The van der Waals surface area contributed by atoms with Gasteiger partial charge in [-0.25, -0.2) is 0 Å². The van der Waals surface area contributed by atoms with Gasteiger partial charge in [-0.2, -0.15) is 0 Å². The summed E-state index contributed by atoms with van der Waals surface area (Å²) in [5.74, 6) is 2.01. The van der Waals surface area contributed by atoms with Gasteiger partial charge in [-0.05, 0) is 43.9 Å². The van der Waals surface area contributed by atoms with Crippen LogP contribution in [0.5, 0.6) is 0 Å². The fraction of sp³-hybridized carbons (Fsp3) is 0.833. The maximum atomic E-state index is 9.36. The largest absolute Gasteiger partial charge is 0.396 e. The lowest BCUT2D eigenvalue weighted by molar-refractivity contribution is 0.159. The zero-order valence-electron chi connectivity index (χ0n) is 8.50. The number of fused-ring (bicyclic) bond motifs is 1. The lowest BCUT2D eigenvalue weighted by atomic mass is 9.68. The van der Waals surface area contributed by atoms with Crippen molar-refractivity contribution in [2.45, 2.75) is 39.0 Å². The smallest absolute Gasteiger partial charge is 0.0499 e. The third kappa shape index (κ3) is 1.67. The van der Waals surface area contributed by atoms with E-state index < -0.39 is 0 Å². The number of aliphatic hydroxyl groups is 1. The van der Waals surface area contributed by atoms with Crippen LogP contribution in [-0.2, 0) is 0 Å². The number of allylic oxidation sites excluding steroid dienone is 1. The predicted octanol–water partition coefficient (Wildman–Crippen LogP) is 2.75. The molecule has 2 aliphatic rings. The summed E-state index contributed by atoms with van der Waals surface area (Å²) in [4.78, 5) is 0. The van der Waals surface area contributed by atoms with Crippen molar-refractivity contribution in [1.29, 1.82) is 0 Å². The summed E-state index contributed by atoms with van der Waals surface area (Å²) in [7, 11) is 0. The van der Waals surface area contributed by atoms with Crippen molar-refractivity contribution in [2.24, 2.45) is 17.8 Å². The molecule has 3 atom stereocenters. The van der Waals surface area contributed by atoms with E-state index in [0.717, 1.165) is 5.92 Å². The van der Waals surface area contributed by atoms with Crippen molar-refractivity contribution in [3.8, 4) is 0 Å². The summed E-state index contributed by atoms with van der Waals surface area (Å²) in [6, 6.07) is 0. The molecular weight excluding hydrogens is 160 g/mol. The molecule has 13 heavy (non-hydrogen) atoms. The Kier molecular flexibility index (Phi) is 2.73. The van der Waals surface area contributed by atoms with Crippen LogP contribution >= 0.6 is 0 Å². The average Bonchev–Trinajstić information content (AvgIpc) is 2.18. The molecule has 2 aliphatic carbocycles. The molecule has 1 heteroatoms. The van der Waals surface area contributed by atoms with Crippen molar-refractivity contribution < 1.29 is 5.11 Å². The second-order valence-electron chi connectivity index (χ2n) is 4.68. The minimum atomic E-state index is 0.365. The highest BCUT2D eigenvalue weighted by atomic mass is 16.3. The van der Waals surface area contributed by atoms with Gasteiger partial charge in [0.25, 0.3) is 0 Å². The highest BCUT2D eigenvalue weighted by Gasteiger charge is 2.32. The van der Waals surface area contributed by atoms with Crippen LogP contribution in [0.2, 0.25) is 0 Å². The first-order valence-corrected chi connectivity index (χ1v) is 5.63. The molecule has 0 spiro atoms. The zero-order chi connectivity index (χ0) is 9.26. The van der Waals surface area contributed by atoms with Gasteiger partial charge in [-0.1, -0.05) is 18.6 Å². The average molecular weight is 180 g/mol. The molecule has 0 aromatic rings. The van der Waals surface area contributed by atoms with Crippen LogP contribution in [0.15, 0.2) is 11.6 Å². The Hall–Kier alpha value is -0.300. The molecule has 3 unspecified atom stereocenters. The van der Waals surface area contributed by atoms with Gasteiger partial charge in [0.1, 0.15) is 0 Å². The van der Waals surface area contributed by atoms with Crippen molar-refractivity contribution in [1.82, 2.24) is 0 Å².